The number of carbonyl (C=O) groups excluding carboxylic acids is 2. The van der Waals surface area contributed by atoms with Crippen LogP contribution < -0.4 is 5.32 Å². The zero-order valence-electron chi connectivity index (χ0n) is 8.10. The molecule has 0 radical (unpaired) electrons. The minimum Gasteiger partial charge on any atom is -0.369 e. The SMILES string of the molecule is O=Cc1cccc(C2COCC(=O)N2)c1. The molecule has 0 saturated carbocycles. The molecule has 4 heteroatoms. The first-order valence-electron chi connectivity index (χ1n) is 4.72. The molecule has 1 heterocycles. The second-order valence-corrected chi connectivity index (χ2v) is 3.42. The molecule has 1 aromatic rings. The van der Waals surface area contributed by atoms with Gasteiger partial charge in [0, 0.05) is 5.56 Å². The van der Waals surface area contributed by atoms with E-state index in [1.54, 1.807) is 18.2 Å². The molecule has 1 N–H and O–H groups in total. The van der Waals surface area contributed by atoms with E-state index in [0.717, 1.165) is 11.8 Å². The number of nitrogens with one attached hydrogen (secondary N) is 1. The van der Waals surface area contributed by atoms with Crippen LogP contribution in [0.2, 0.25) is 0 Å². The molecular formula is C11H11NO3. The molecule has 15 heavy (non-hydrogen) atoms. The molecule has 1 saturated heterocycles. The third-order valence-electron chi connectivity index (χ3n) is 2.30. The first-order chi connectivity index (χ1) is 7.29. The summed E-state index contributed by atoms with van der Waals surface area (Å²) in [5.74, 6) is -0.122. The molecule has 0 aromatic heterocycles. The number of morpholine rings is 1. The lowest BCUT2D eigenvalue weighted by atomic mass is 10.0. The first-order valence-corrected chi connectivity index (χ1v) is 4.72. The second kappa shape index (κ2) is 4.23. The van der Waals surface area contributed by atoms with Gasteiger partial charge in [0.1, 0.15) is 12.9 Å². The van der Waals surface area contributed by atoms with Crippen molar-refractivity contribution < 1.29 is 14.3 Å². The summed E-state index contributed by atoms with van der Waals surface area (Å²) in [6, 6.07) is 6.99. The van der Waals surface area contributed by atoms with Crippen LogP contribution in [0, 0.1) is 0 Å². The number of benzene rings is 1. The first kappa shape index (κ1) is 9.86. The predicted molar refractivity (Wildman–Crippen MR) is 53.5 cm³/mol. The summed E-state index contributed by atoms with van der Waals surface area (Å²) in [5.41, 5.74) is 1.50. The molecule has 4 nitrogen and oxygen atoms in total. The minimum atomic E-state index is -0.147. The van der Waals surface area contributed by atoms with Crippen molar-refractivity contribution >= 4 is 12.2 Å². The number of carbonyl (C=O) groups is 2. The van der Waals surface area contributed by atoms with Gasteiger partial charge >= 0.3 is 0 Å². The Hall–Kier alpha value is -1.68. The Balaban J connectivity index is 2.20. The molecule has 0 aliphatic carbocycles. The topological polar surface area (TPSA) is 55.4 Å². The van der Waals surface area contributed by atoms with Gasteiger partial charge in [-0.1, -0.05) is 18.2 Å². The van der Waals surface area contributed by atoms with E-state index >= 15 is 0 Å². The molecule has 0 spiro atoms. The van der Waals surface area contributed by atoms with E-state index in [-0.39, 0.29) is 18.6 Å². The maximum atomic E-state index is 11.1. The summed E-state index contributed by atoms with van der Waals surface area (Å²) in [5, 5.41) is 2.80. The predicted octanol–water partition coefficient (Wildman–Crippen LogP) is 0.687. The van der Waals surface area contributed by atoms with Gasteiger partial charge in [0.15, 0.2) is 0 Å². The van der Waals surface area contributed by atoms with Crippen molar-refractivity contribution in [3.05, 3.63) is 35.4 Å². The highest BCUT2D eigenvalue weighted by Crippen LogP contribution is 2.16. The highest BCUT2D eigenvalue weighted by atomic mass is 16.5. The van der Waals surface area contributed by atoms with Crippen LogP contribution in [0.25, 0.3) is 0 Å². The van der Waals surface area contributed by atoms with Crippen LogP contribution in [0.3, 0.4) is 0 Å². The molecule has 2 rings (SSSR count). The maximum absolute atomic E-state index is 11.1. The van der Waals surface area contributed by atoms with Crippen LogP contribution in [-0.4, -0.2) is 25.4 Å². The number of ether oxygens (including phenoxy) is 1. The molecule has 0 bridgehead atoms. The van der Waals surface area contributed by atoms with Gasteiger partial charge in [0.2, 0.25) is 5.91 Å². The average molecular weight is 205 g/mol. The normalized spacial score (nSPS) is 20.8. The summed E-state index contributed by atoms with van der Waals surface area (Å²) in [6.07, 6.45) is 0.787. The van der Waals surface area contributed by atoms with E-state index in [1.165, 1.54) is 0 Å². The highest BCUT2D eigenvalue weighted by Gasteiger charge is 2.20. The van der Waals surface area contributed by atoms with Crippen molar-refractivity contribution in [2.75, 3.05) is 13.2 Å². The third-order valence-corrected chi connectivity index (χ3v) is 2.30. The van der Waals surface area contributed by atoms with Crippen LogP contribution in [0.5, 0.6) is 0 Å². The summed E-state index contributed by atoms with van der Waals surface area (Å²) < 4.78 is 5.12. The maximum Gasteiger partial charge on any atom is 0.246 e. The fourth-order valence-electron chi connectivity index (χ4n) is 1.58. The Kier molecular flexibility index (Phi) is 2.78. The molecule has 1 amide bonds. The third kappa shape index (κ3) is 2.22. The van der Waals surface area contributed by atoms with Crippen molar-refractivity contribution in [1.29, 1.82) is 0 Å². The Morgan fingerprint density at radius 2 is 2.33 bits per heavy atom. The van der Waals surface area contributed by atoms with Gasteiger partial charge < -0.3 is 10.1 Å². The van der Waals surface area contributed by atoms with E-state index in [4.69, 9.17) is 4.74 Å². The van der Waals surface area contributed by atoms with Crippen LogP contribution in [0.4, 0.5) is 0 Å². The summed E-state index contributed by atoms with van der Waals surface area (Å²) in [7, 11) is 0. The monoisotopic (exact) mass is 205 g/mol. The van der Waals surface area contributed by atoms with Gasteiger partial charge in [-0.3, -0.25) is 9.59 Å². The standard InChI is InChI=1S/C11H11NO3/c13-5-8-2-1-3-9(4-8)10-6-15-7-11(14)12-10/h1-5,10H,6-7H2,(H,12,14). The summed E-state index contributed by atoms with van der Waals surface area (Å²) >= 11 is 0. The number of hydrogen-bond acceptors (Lipinski definition) is 3. The molecule has 1 atom stereocenters. The number of rotatable bonds is 2. The molecule has 1 fully saturated rings. The van der Waals surface area contributed by atoms with Crippen LogP contribution in [0.15, 0.2) is 24.3 Å². The highest BCUT2D eigenvalue weighted by molar-refractivity contribution is 5.79. The lowest BCUT2D eigenvalue weighted by Crippen LogP contribution is -2.39. The Labute approximate surface area is 87.2 Å². The summed E-state index contributed by atoms with van der Waals surface area (Å²) in [6.45, 7) is 0.567. The van der Waals surface area contributed by atoms with E-state index < -0.39 is 0 Å². The second-order valence-electron chi connectivity index (χ2n) is 3.42. The zero-order valence-corrected chi connectivity index (χ0v) is 8.10. The number of hydrogen-bond donors (Lipinski definition) is 1. The molecule has 1 aliphatic heterocycles. The van der Waals surface area contributed by atoms with E-state index in [2.05, 4.69) is 5.32 Å². The quantitative estimate of drug-likeness (QED) is 0.722. The molecule has 1 aromatic carbocycles. The van der Waals surface area contributed by atoms with E-state index in [9.17, 15) is 9.59 Å². The Morgan fingerprint density at radius 3 is 3.07 bits per heavy atom. The van der Waals surface area contributed by atoms with Crippen molar-refractivity contribution in [1.82, 2.24) is 5.32 Å². The van der Waals surface area contributed by atoms with Crippen molar-refractivity contribution in [2.45, 2.75) is 6.04 Å². The fraction of sp³-hybridized carbons (Fsp3) is 0.273. The Morgan fingerprint density at radius 1 is 1.47 bits per heavy atom. The summed E-state index contributed by atoms with van der Waals surface area (Å²) in [4.78, 5) is 21.7. The molecule has 1 unspecified atom stereocenters. The van der Waals surface area contributed by atoms with Gasteiger partial charge in [0.25, 0.3) is 0 Å². The van der Waals surface area contributed by atoms with E-state index in [0.29, 0.717) is 12.2 Å². The molecular weight excluding hydrogens is 194 g/mol. The van der Waals surface area contributed by atoms with E-state index in [1.807, 2.05) is 6.07 Å². The van der Waals surface area contributed by atoms with Gasteiger partial charge in [-0.15, -0.1) is 0 Å². The lowest BCUT2D eigenvalue weighted by molar-refractivity contribution is -0.131. The van der Waals surface area contributed by atoms with Crippen LogP contribution >= 0.6 is 0 Å². The fourth-order valence-corrected chi connectivity index (χ4v) is 1.58. The van der Waals surface area contributed by atoms with Crippen LogP contribution in [-0.2, 0) is 9.53 Å². The molecule has 1 aliphatic rings. The van der Waals surface area contributed by atoms with Gasteiger partial charge in [-0.05, 0) is 11.6 Å². The number of aldehydes is 1. The minimum absolute atomic E-state index is 0.115. The largest absolute Gasteiger partial charge is 0.369 e. The van der Waals surface area contributed by atoms with Crippen molar-refractivity contribution in [2.24, 2.45) is 0 Å². The smallest absolute Gasteiger partial charge is 0.246 e. The zero-order chi connectivity index (χ0) is 10.7. The van der Waals surface area contributed by atoms with Crippen LogP contribution in [0.1, 0.15) is 22.0 Å². The number of amides is 1. The molecule has 78 valence electrons. The van der Waals surface area contributed by atoms with Crippen molar-refractivity contribution in [3.8, 4) is 0 Å². The van der Waals surface area contributed by atoms with Crippen molar-refractivity contribution in [3.63, 3.8) is 0 Å². The van der Waals surface area contributed by atoms with Gasteiger partial charge in [-0.25, -0.2) is 0 Å². The van der Waals surface area contributed by atoms with Gasteiger partial charge in [-0.2, -0.15) is 0 Å². The average Bonchev–Trinajstić information content (AvgIpc) is 2.29. The Bertz CT molecular complexity index is 389. The van der Waals surface area contributed by atoms with Gasteiger partial charge in [0.05, 0.1) is 12.6 Å². The lowest BCUT2D eigenvalue weighted by Gasteiger charge is -2.23.